The summed E-state index contributed by atoms with van der Waals surface area (Å²) in [6.45, 7) is 0.883. The van der Waals surface area contributed by atoms with Crippen LogP contribution in [0.25, 0.3) is 0 Å². The summed E-state index contributed by atoms with van der Waals surface area (Å²) in [6.07, 6.45) is 0.830. The van der Waals surface area contributed by atoms with Crippen molar-refractivity contribution in [3.05, 3.63) is 46.1 Å². The molecule has 1 aliphatic heterocycles. The lowest BCUT2D eigenvalue weighted by Gasteiger charge is -2.32. The second-order valence-electron chi connectivity index (χ2n) is 6.16. The molecule has 1 aliphatic rings. The topological polar surface area (TPSA) is 120 Å². The second kappa shape index (κ2) is 7.85. The van der Waals surface area contributed by atoms with Crippen LogP contribution >= 0.6 is 0 Å². The number of ether oxygens (including phenoxy) is 1. The van der Waals surface area contributed by atoms with Gasteiger partial charge in [0.05, 0.1) is 19.6 Å². The van der Waals surface area contributed by atoms with Crippen LogP contribution in [0.1, 0.15) is 24.2 Å². The summed E-state index contributed by atoms with van der Waals surface area (Å²) in [5.41, 5.74) is 0.485. The minimum Gasteiger partial charge on any atom is -0.496 e. The Morgan fingerprint density at radius 2 is 2.19 bits per heavy atom. The molecule has 3 N–H and O–H groups in total. The Morgan fingerprint density at radius 3 is 2.92 bits per heavy atom. The van der Waals surface area contributed by atoms with Crippen molar-refractivity contribution < 1.29 is 14.3 Å². The van der Waals surface area contributed by atoms with Crippen molar-refractivity contribution in [2.24, 2.45) is 5.92 Å². The zero-order valence-electron chi connectivity index (χ0n) is 14.4. The third-order valence-electron chi connectivity index (χ3n) is 4.40. The lowest BCUT2D eigenvalue weighted by molar-refractivity contribution is -0.139. The van der Waals surface area contributed by atoms with Gasteiger partial charge in [0.25, 0.3) is 0 Å². The number of para-hydroxylation sites is 1. The van der Waals surface area contributed by atoms with Crippen LogP contribution in [0.3, 0.4) is 0 Å². The van der Waals surface area contributed by atoms with Crippen LogP contribution in [-0.2, 0) is 22.7 Å². The molecule has 0 radical (unpaired) electrons. The van der Waals surface area contributed by atoms with E-state index in [9.17, 15) is 14.4 Å². The molecule has 9 nitrogen and oxygen atoms in total. The van der Waals surface area contributed by atoms with E-state index >= 15 is 0 Å². The Hall–Kier alpha value is -3.10. The van der Waals surface area contributed by atoms with Crippen LogP contribution in [0.15, 0.2) is 29.1 Å². The average Bonchev–Trinajstić information content (AvgIpc) is 3.07. The molecule has 2 heterocycles. The van der Waals surface area contributed by atoms with Crippen molar-refractivity contribution in [3.63, 3.8) is 0 Å². The van der Waals surface area contributed by atoms with Gasteiger partial charge < -0.3 is 15.0 Å². The highest BCUT2D eigenvalue weighted by atomic mass is 16.5. The molecule has 0 saturated carbocycles. The van der Waals surface area contributed by atoms with E-state index < -0.39 is 5.69 Å². The number of hydrogen-bond donors (Lipinski definition) is 3. The first-order valence-corrected chi connectivity index (χ1v) is 8.37. The van der Waals surface area contributed by atoms with Gasteiger partial charge in [-0.05, 0) is 12.5 Å². The Morgan fingerprint density at radius 1 is 1.38 bits per heavy atom. The van der Waals surface area contributed by atoms with Crippen molar-refractivity contribution in [3.8, 4) is 5.75 Å². The maximum Gasteiger partial charge on any atom is 0.340 e. The number of likely N-dealkylation sites (tertiary alicyclic amines) is 1. The quantitative estimate of drug-likeness (QED) is 0.679. The van der Waals surface area contributed by atoms with Crippen LogP contribution in [-0.4, -0.2) is 45.6 Å². The zero-order valence-corrected chi connectivity index (χ0v) is 14.4. The number of hydrogen-bond acceptors (Lipinski definition) is 5. The number of nitrogens with one attached hydrogen (secondary N) is 3. The number of benzene rings is 1. The van der Waals surface area contributed by atoms with Crippen molar-refractivity contribution in [2.75, 3.05) is 13.7 Å². The highest BCUT2D eigenvalue weighted by Gasteiger charge is 2.30. The van der Waals surface area contributed by atoms with E-state index in [1.54, 1.807) is 12.0 Å². The smallest absolute Gasteiger partial charge is 0.340 e. The van der Waals surface area contributed by atoms with Crippen LogP contribution in [0.4, 0.5) is 0 Å². The number of amides is 2. The number of methoxy groups -OCH3 is 1. The van der Waals surface area contributed by atoms with Crippen LogP contribution in [0, 0.1) is 5.92 Å². The summed E-state index contributed by atoms with van der Waals surface area (Å²) < 4.78 is 5.33. The molecule has 0 unspecified atom stereocenters. The number of aromatic amines is 2. The number of piperidine rings is 1. The fourth-order valence-corrected chi connectivity index (χ4v) is 3.03. The van der Waals surface area contributed by atoms with Crippen LogP contribution in [0.5, 0.6) is 5.75 Å². The van der Waals surface area contributed by atoms with Gasteiger partial charge in [-0.3, -0.25) is 14.6 Å². The summed E-state index contributed by atoms with van der Waals surface area (Å²) in [7, 11) is 1.59. The monoisotopic (exact) mass is 359 g/mol. The number of nitrogens with zero attached hydrogens (tertiary/aromatic N) is 2. The molecule has 0 aliphatic carbocycles. The van der Waals surface area contributed by atoms with Gasteiger partial charge in [0, 0.05) is 25.1 Å². The largest absolute Gasteiger partial charge is 0.496 e. The van der Waals surface area contributed by atoms with E-state index in [0.717, 1.165) is 11.3 Å². The van der Waals surface area contributed by atoms with E-state index in [4.69, 9.17) is 4.74 Å². The molecule has 1 aromatic heterocycles. The van der Waals surface area contributed by atoms with Gasteiger partial charge in [0.15, 0.2) is 0 Å². The number of aromatic nitrogens is 3. The van der Waals surface area contributed by atoms with Gasteiger partial charge >= 0.3 is 5.69 Å². The number of carbonyl (C=O) groups is 2. The Kier molecular flexibility index (Phi) is 5.35. The molecule has 26 heavy (non-hydrogen) atoms. The number of rotatable bonds is 6. The average molecular weight is 359 g/mol. The molecule has 3 rings (SSSR count). The normalized spacial score (nSPS) is 17.2. The summed E-state index contributed by atoms with van der Waals surface area (Å²) in [5.74, 6) is 0.645. The maximum absolute atomic E-state index is 12.4. The number of carbonyl (C=O) groups excluding carboxylic acids is 2. The fourth-order valence-electron chi connectivity index (χ4n) is 3.03. The van der Waals surface area contributed by atoms with E-state index in [0.29, 0.717) is 31.8 Å². The SMILES string of the molecule is COc1ccccc1CN1C[C@H](C(=O)NCc2n[nH]c(=O)[nH]2)CCC1=O. The first-order chi connectivity index (χ1) is 12.6. The predicted molar refractivity (Wildman–Crippen MR) is 92.2 cm³/mol. The van der Waals surface area contributed by atoms with Gasteiger partial charge in [0.1, 0.15) is 11.6 Å². The minimum absolute atomic E-state index is 0.0246. The van der Waals surface area contributed by atoms with E-state index in [1.165, 1.54) is 0 Å². The van der Waals surface area contributed by atoms with E-state index in [1.807, 2.05) is 24.3 Å². The molecule has 1 atom stereocenters. The van der Waals surface area contributed by atoms with Gasteiger partial charge in [-0.2, -0.15) is 5.10 Å². The molecule has 2 aromatic rings. The Bertz CT molecular complexity index is 843. The van der Waals surface area contributed by atoms with E-state index in [2.05, 4.69) is 20.5 Å². The highest BCUT2D eigenvalue weighted by Crippen LogP contribution is 2.24. The molecule has 1 aromatic carbocycles. The van der Waals surface area contributed by atoms with Crippen molar-refractivity contribution in [1.82, 2.24) is 25.4 Å². The molecular weight excluding hydrogens is 338 g/mol. The maximum atomic E-state index is 12.4. The van der Waals surface area contributed by atoms with Gasteiger partial charge in [-0.15, -0.1) is 0 Å². The minimum atomic E-state index is -0.416. The van der Waals surface area contributed by atoms with Crippen molar-refractivity contribution in [2.45, 2.75) is 25.9 Å². The van der Waals surface area contributed by atoms with Gasteiger partial charge in [0.2, 0.25) is 11.8 Å². The molecule has 0 bridgehead atoms. The summed E-state index contributed by atoms with van der Waals surface area (Å²) >= 11 is 0. The molecule has 1 fully saturated rings. The lowest BCUT2D eigenvalue weighted by atomic mass is 9.96. The summed E-state index contributed by atoms with van der Waals surface area (Å²) in [5, 5.41) is 8.74. The summed E-state index contributed by atoms with van der Waals surface area (Å²) in [4.78, 5) is 39.8. The van der Waals surface area contributed by atoms with Gasteiger partial charge in [-0.1, -0.05) is 18.2 Å². The van der Waals surface area contributed by atoms with Gasteiger partial charge in [-0.25, -0.2) is 9.89 Å². The standard InChI is InChI=1S/C17H21N5O4/c1-26-13-5-3-2-4-11(13)9-22-10-12(6-7-15(22)23)16(24)18-8-14-19-17(25)21-20-14/h2-5,12H,6-10H2,1H3,(H,18,24)(H2,19,20,21,25)/t12-/m1/s1. The second-order valence-corrected chi connectivity index (χ2v) is 6.16. The molecule has 1 saturated heterocycles. The van der Waals surface area contributed by atoms with Crippen LogP contribution < -0.4 is 15.7 Å². The molecule has 138 valence electrons. The predicted octanol–water partition coefficient (Wildman–Crippen LogP) is 0.162. The van der Waals surface area contributed by atoms with E-state index in [-0.39, 0.29) is 24.3 Å². The Balaban J connectivity index is 1.61. The van der Waals surface area contributed by atoms with Crippen molar-refractivity contribution >= 4 is 11.8 Å². The molecule has 2 amide bonds. The molecular formula is C17H21N5O4. The third-order valence-corrected chi connectivity index (χ3v) is 4.40. The fraction of sp³-hybridized carbons (Fsp3) is 0.412. The summed E-state index contributed by atoms with van der Waals surface area (Å²) in [6, 6.07) is 7.51. The first kappa shape index (κ1) is 17.7. The number of H-pyrrole nitrogens is 2. The lowest BCUT2D eigenvalue weighted by Crippen LogP contribution is -2.45. The van der Waals surface area contributed by atoms with Crippen molar-refractivity contribution in [1.29, 1.82) is 0 Å². The highest BCUT2D eigenvalue weighted by molar-refractivity contribution is 5.83. The Labute approximate surface area is 149 Å². The third kappa shape index (κ3) is 4.11. The molecule has 0 spiro atoms. The zero-order chi connectivity index (χ0) is 18.5. The molecule has 9 heteroatoms. The van der Waals surface area contributed by atoms with Crippen LogP contribution in [0.2, 0.25) is 0 Å². The first-order valence-electron chi connectivity index (χ1n) is 8.37.